The van der Waals surface area contributed by atoms with E-state index in [1.807, 2.05) is 45.0 Å². The Morgan fingerprint density at radius 3 is 2.24 bits per heavy atom. The van der Waals surface area contributed by atoms with Gasteiger partial charge in [0.15, 0.2) is 5.75 Å². The predicted octanol–water partition coefficient (Wildman–Crippen LogP) is 7.10. The first-order valence-corrected chi connectivity index (χ1v) is 17.7. The first kappa shape index (κ1) is 36.4. The zero-order chi connectivity index (χ0) is 37.1. The number of nitrogens with zero attached hydrogens (tertiary/aromatic N) is 3. The molecule has 0 aliphatic rings. The maximum atomic E-state index is 13.4. The largest absolute Gasteiger partial charge is 0.492 e. The Balaban J connectivity index is 1.39. The minimum atomic E-state index is -3.64. The van der Waals surface area contributed by atoms with Crippen LogP contribution in [0.3, 0.4) is 0 Å². The zero-order valence-corrected chi connectivity index (χ0v) is 30.2. The van der Waals surface area contributed by atoms with Gasteiger partial charge in [0.2, 0.25) is 15.9 Å². The summed E-state index contributed by atoms with van der Waals surface area (Å²) in [7, 11) is 1.33. The van der Waals surface area contributed by atoms with Crippen molar-refractivity contribution in [2.45, 2.75) is 32.6 Å². The van der Waals surface area contributed by atoms with Crippen LogP contribution in [0.15, 0.2) is 79.0 Å². The van der Waals surface area contributed by atoms with E-state index in [4.69, 9.17) is 9.47 Å². The smallest absolute Gasteiger partial charge is 0.337 e. The van der Waals surface area contributed by atoms with Crippen molar-refractivity contribution in [3.05, 3.63) is 102 Å². The molecule has 0 atom stereocenters. The SMILES string of the molecule is COc1c(NC(=O)Nc2ccc(Oc3ccnc(Cc4ccc(C(=O)O)c(N(C)C)c4)n3)c3ccccc23)cc(C(C)(C)C)cc1NS(C)(=O)=O. The Kier molecular flexibility index (Phi) is 10.4. The van der Waals surface area contributed by atoms with Gasteiger partial charge in [0, 0.05) is 43.6 Å². The van der Waals surface area contributed by atoms with Crippen LogP contribution in [-0.4, -0.2) is 63.0 Å². The highest BCUT2D eigenvalue weighted by Crippen LogP contribution is 2.40. The van der Waals surface area contributed by atoms with Crippen LogP contribution in [0.4, 0.5) is 27.5 Å². The highest BCUT2D eigenvalue weighted by atomic mass is 32.2. The first-order valence-electron chi connectivity index (χ1n) is 15.9. The molecule has 266 valence electrons. The molecule has 0 bridgehead atoms. The van der Waals surface area contributed by atoms with E-state index in [-0.39, 0.29) is 28.1 Å². The molecule has 14 heteroatoms. The van der Waals surface area contributed by atoms with Gasteiger partial charge in [-0.3, -0.25) is 4.72 Å². The predicted molar refractivity (Wildman–Crippen MR) is 199 cm³/mol. The number of carbonyl (C=O) groups is 2. The Morgan fingerprint density at radius 2 is 1.59 bits per heavy atom. The lowest BCUT2D eigenvalue weighted by Gasteiger charge is -2.24. The molecule has 0 aliphatic heterocycles. The number of amides is 2. The van der Waals surface area contributed by atoms with Gasteiger partial charge in [0.05, 0.1) is 41.7 Å². The van der Waals surface area contributed by atoms with Crippen molar-refractivity contribution in [1.82, 2.24) is 9.97 Å². The van der Waals surface area contributed by atoms with Gasteiger partial charge in [-0.05, 0) is 52.9 Å². The number of anilines is 4. The third-order valence-electron chi connectivity index (χ3n) is 7.87. The highest BCUT2D eigenvalue weighted by Gasteiger charge is 2.23. The maximum absolute atomic E-state index is 13.4. The topological polar surface area (TPSA) is 172 Å². The van der Waals surface area contributed by atoms with Crippen LogP contribution in [-0.2, 0) is 21.9 Å². The van der Waals surface area contributed by atoms with E-state index in [9.17, 15) is 23.1 Å². The molecule has 4 N–H and O–H groups in total. The lowest BCUT2D eigenvalue weighted by Crippen LogP contribution is -2.22. The number of fused-ring (bicyclic) bond motifs is 1. The number of nitrogens with one attached hydrogen (secondary N) is 3. The summed E-state index contributed by atoms with van der Waals surface area (Å²) < 4.78 is 38.5. The molecular formula is C37H40N6O7S. The van der Waals surface area contributed by atoms with E-state index < -0.39 is 22.0 Å². The Morgan fingerprint density at radius 1 is 0.902 bits per heavy atom. The molecule has 51 heavy (non-hydrogen) atoms. The van der Waals surface area contributed by atoms with Crippen LogP contribution in [0, 0.1) is 0 Å². The van der Waals surface area contributed by atoms with Crippen LogP contribution >= 0.6 is 0 Å². The van der Waals surface area contributed by atoms with Gasteiger partial charge in [-0.15, -0.1) is 0 Å². The van der Waals surface area contributed by atoms with Crippen LogP contribution in [0.2, 0.25) is 0 Å². The molecule has 2 amide bonds. The molecule has 0 aliphatic carbocycles. The fourth-order valence-electron chi connectivity index (χ4n) is 5.45. The van der Waals surface area contributed by atoms with Gasteiger partial charge in [0.1, 0.15) is 11.6 Å². The van der Waals surface area contributed by atoms with Gasteiger partial charge >= 0.3 is 12.0 Å². The van der Waals surface area contributed by atoms with Gasteiger partial charge in [-0.1, -0.05) is 51.1 Å². The number of hydrogen-bond donors (Lipinski definition) is 4. The summed E-state index contributed by atoms with van der Waals surface area (Å²) in [6, 6.07) is 20.5. The number of methoxy groups -OCH3 is 1. The molecule has 5 aromatic rings. The van der Waals surface area contributed by atoms with Crippen molar-refractivity contribution in [2.75, 3.05) is 47.7 Å². The van der Waals surface area contributed by atoms with Crippen LogP contribution < -0.4 is 29.7 Å². The molecule has 0 unspecified atom stereocenters. The summed E-state index contributed by atoms with van der Waals surface area (Å²) >= 11 is 0. The quantitative estimate of drug-likeness (QED) is 0.111. The summed E-state index contributed by atoms with van der Waals surface area (Å²) in [5.41, 5.74) is 3.02. The van der Waals surface area contributed by atoms with E-state index in [0.29, 0.717) is 46.0 Å². The lowest BCUT2D eigenvalue weighted by atomic mass is 9.86. The van der Waals surface area contributed by atoms with Crippen molar-refractivity contribution in [3.8, 4) is 17.4 Å². The van der Waals surface area contributed by atoms with Gasteiger partial charge in [-0.25, -0.2) is 23.0 Å². The maximum Gasteiger partial charge on any atom is 0.337 e. The number of carboxylic acids is 1. The lowest BCUT2D eigenvalue weighted by molar-refractivity contribution is 0.0697. The summed E-state index contributed by atoms with van der Waals surface area (Å²) in [4.78, 5) is 35.8. The number of ether oxygens (including phenoxy) is 2. The standard InChI is InChI=1S/C37H40N6O7S/c1-37(2,3)23-20-28(34(49-6)29(21-23)42-51(7,47)48)40-36(46)39-27-14-15-31(25-11-9-8-10-24(25)27)50-33-16-17-38-32(41-33)19-22-12-13-26(35(44)45)30(18-22)43(4)5/h8-18,20-21,42H,19H2,1-7H3,(H,44,45)(H2,39,40,46). The Labute approximate surface area is 296 Å². The number of aromatic nitrogens is 2. The number of sulfonamides is 1. The van der Waals surface area contributed by atoms with Crippen molar-refractivity contribution in [3.63, 3.8) is 0 Å². The normalized spacial score (nSPS) is 11.5. The number of rotatable bonds is 11. The van der Waals surface area contributed by atoms with E-state index >= 15 is 0 Å². The molecule has 0 saturated heterocycles. The molecule has 13 nitrogen and oxygen atoms in total. The number of urea groups is 1. The Hall–Kier alpha value is -5.89. The van der Waals surface area contributed by atoms with Crippen LogP contribution in [0.1, 0.15) is 48.1 Å². The van der Waals surface area contributed by atoms with Crippen LogP contribution in [0.5, 0.6) is 17.4 Å². The minimum absolute atomic E-state index is 0.164. The summed E-state index contributed by atoms with van der Waals surface area (Å²) in [5.74, 6) is 0.452. The third kappa shape index (κ3) is 8.83. The molecule has 5 rings (SSSR count). The van der Waals surface area contributed by atoms with Crippen molar-refractivity contribution in [1.29, 1.82) is 0 Å². The molecule has 1 aromatic heterocycles. The molecule has 0 spiro atoms. The van der Waals surface area contributed by atoms with Gasteiger partial charge in [0.25, 0.3) is 0 Å². The second-order valence-corrected chi connectivity index (χ2v) is 14.9. The molecular weight excluding hydrogens is 673 g/mol. The number of carboxylic acid groups (broad SMARTS) is 1. The first-order chi connectivity index (χ1) is 24.0. The number of carbonyl (C=O) groups excluding carboxylic acids is 1. The third-order valence-corrected chi connectivity index (χ3v) is 8.46. The fraction of sp³-hybridized carbons (Fsp3) is 0.243. The van der Waals surface area contributed by atoms with E-state index in [1.54, 1.807) is 73.7 Å². The molecule has 0 saturated carbocycles. The van der Waals surface area contributed by atoms with Gasteiger partial charge < -0.3 is 30.1 Å². The minimum Gasteiger partial charge on any atom is -0.492 e. The van der Waals surface area contributed by atoms with Crippen molar-refractivity contribution < 1.29 is 32.6 Å². The second kappa shape index (κ2) is 14.5. The van der Waals surface area contributed by atoms with E-state index in [2.05, 4.69) is 25.3 Å². The van der Waals surface area contributed by atoms with E-state index in [1.165, 1.54) is 7.11 Å². The second-order valence-electron chi connectivity index (χ2n) is 13.1. The van der Waals surface area contributed by atoms with Crippen LogP contribution in [0.25, 0.3) is 10.8 Å². The molecule has 1 heterocycles. The summed E-state index contributed by atoms with van der Waals surface area (Å²) in [6.45, 7) is 5.93. The number of aromatic carboxylic acids is 1. The monoisotopic (exact) mass is 712 g/mol. The average molecular weight is 713 g/mol. The molecule has 0 fully saturated rings. The van der Waals surface area contributed by atoms with E-state index in [0.717, 1.165) is 17.4 Å². The number of hydrogen-bond acceptors (Lipinski definition) is 9. The fourth-order valence-corrected chi connectivity index (χ4v) is 6.00. The van der Waals surface area contributed by atoms with Crippen molar-refractivity contribution in [2.24, 2.45) is 0 Å². The summed E-state index contributed by atoms with van der Waals surface area (Å²) in [5, 5.41) is 16.7. The van der Waals surface area contributed by atoms with Gasteiger partial charge in [-0.2, -0.15) is 4.98 Å². The number of benzene rings is 4. The zero-order valence-electron chi connectivity index (χ0n) is 29.4. The van der Waals surface area contributed by atoms with Crippen molar-refractivity contribution >= 4 is 55.5 Å². The molecule has 4 aromatic carbocycles. The average Bonchev–Trinajstić information content (AvgIpc) is 3.04. The molecule has 0 radical (unpaired) electrons. The Bertz CT molecular complexity index is 2230. The highest BCUT2D eigenvalue weighted by molar-refractivity contribution is 7.92. The summed E-state index contributed by atoms with van der Waals surface area (Å²) in [6.07, 6.45) is 2.99.